The van der Waals surface area contributed by atoms with Gasteiger partial charge in [0.25, 0.3) is 11.8 Å². The quantitative estimate of drug-likeness (QED) is 0.549. The van der Waals surface area contributed by atoms with Crippen LogP contribution >= 0.6 is 31.9 Å². The molecule has 0 saturated carbocycles. The molecule has 2 aromatic rings. The SMILES string of the molecule is CN(CC(=O)NNC(=O)c1cc(Br)c[nH]1)S(=O)(=O)c1ccc(Br)cc1. The second-order valence-corrected chi connectivity index (χ2v) is 8.83. The average Bonchev–Trinajstić information content (AvgIpc) is 2.99. The highest BCUT2D eigenvalue weighted by Crippen LogP contribution is 2.17. The van der Waals surface area contributed by atoms with E-state index in [4.69, 9.17) is 0 Å². The van der Waals surface area contributed by atoms with Crippen molar-refractivity contribution in [3.63, 3.8) is 0 Å². The molecule has 134 valence electrons. The summed E-state index contributed by atoms with van der Waals surface area (Å²) < 4.78 is 27.1. The van der Waals surface area contributed by atoms with Gasteiger partial charge in [-0.1, -0.05) is 15.9 Å². The summed E-state index contributed by atoms with van der Waals surface area (Å²) in [4.78, 5) is 26.4. The van der Waals surface area contributed by atoms with Crippen LogP contribution in [-0.4, -0.2) is 43.1 Å². The van der Waals surface area contributed by atoms with Crippen LogP contribution in [0.5, 0.6) is 0 Å². The Kier molecular flexibility index (Phi) is 6.38. The van der Waals surface area contributed by atoms with Crippen LogP contribution in [0.4, 0.5) is 0 Å². The fourth-order valence-electron chi connectivity index (χ4n) is 1.81. The van der Waals surface area contributed by atoms with E-state index in [1.807, 2.05) is 0 Å². The van der Waals surface area contributed by atoms with Crippen LogP contribution < -0.4 is 10.9 Å². The summed E-state index contributed by atoms with van der Waals surface area (Å²) in [5, 5.41) is 0. The largest absolute Gasteiger partial charge is 0.356 e. The molecule has 2 amide bonds. The van der Waals surface area contributed by atoms with Crippen LogP contribution in [0, 0.1) is 0 Å². The van der Waals surface area contributed by atoms with Gasteiger partial charge in [-0.05, 0) is 46.3 Å². The zero-order valence-corrected chi connectivity index (χ0v) is 16.9. The van der Waals surface area contributed by atoms with Gasteiger partial charge in [-0.25, -0.2) is 8.42 Å². The van der Waals surface area contributed by atoms with Crippen molar-refractivity contribution in [3.05, 3.63) is 51.2 Å². The third-order valence-electron chi connectivity index (χ3n) is 3.10. The topological polar surface area (TPSA) is 111 Å². The first-order chi connectivity index (χ1) is 11.7. The highest BCUT2D eigenvalue weighted by Gasteiger charge is 2.23. The molecule has 0 radical (unpaired) electrons. The van der Waals surface area contributed by atoms with Gasteiger partial charge < -0.3 is 4.98 Å². The van der Waals surface area contributed by atoms with Crippen LogP contribution in [0.15, 0.2) is 50.4 Å². The Balaban J connectivity index is 1.93. The van der Waals surface area contributed by atoms with Gasteiger partial charge >= 0.3 is 0 Å². The van der Waals surface area contributed by atoms with Gasteiger partial charge in [-0.3, -0.25) is 20.4 Å². The van der Waals surface area contributed by atoms with Crippen LogP contribution in [0.2, 0.25) is 0 Å². The number of carbonyl (C=O) groups excluding carboxylic acids is 2. The van der Waals surface area contributed by atoms with E-state index < -0.39 is 28.4 Å². The fraction of sp³-hybridized carbons (Fsp3) is 0.143. The summed E-state index contributed by atoms with van der Waals surface area (Å²) >= 11 is 6.41. The minimum absolute atomic E-state index is 0.0614. The zero-order valence-electron chi connectivity index (χ0n) is 12.9. The molecule has 8 nitrogen and oxygen atoms in total. The lowest BCUT2D eigenvalue weighted by atomic mass is 10.4. The Labute approximate surface area is 161 Å². The number of aromatic amines is 1. The smallest absolute Gasteiger partial charge is 0.286 e. The molecule has 25 heavy (non-hydrogen) atoms. The second kappa shape index (κ2) is 8.13. The summed E-state index contributed by atoms with van der Waals surface area (Å²) in [5.41, 5.74) is 4.60. The number of nitrogens with one attached hydrogen (secondary N) is 3. The lowest BCUT2D eigenvalue weighted by Crippen LogP contribution is -2.46. The number of nitrogens with zero attached hydrogens (tertiary/aromatic N) is 1. The van der Waals surface area contributed by atoms with E-state index in [0.717, 1.165) is 8.78 Å². The maximum Gasteiger partial charge on any atom is 0.286 e. The van der Waals surface area contributed by atoms with E-state index in [-0.39, 0.29) is 10.6 Å². The number of sulfonamides is 1. The molecule has 2 rings (SSSR count). The first-order valence-electron chi connectivity index (χ1n) is 6.85. The first kappa shape index (κ1) is 19.6. The number of halogens is 2. The third-order valence-corrected chi connectivity index (χ3v) is 5.90. The second-order valence-electron chi connectivity index (χ2n) is 4.95. The van der Waals surface area contributed by atoms with Gasteiger partial charge in [-0.2, -0.15) is 4.31 Å². The lowest BCUT2D eigenvalue weighted by molar-refractivity contribution is -0.121. The zero-order chi connectivity index (χ0) is 18.6. The molecule has 1 heterocycles. The molecule has 1 aromatic carbocycles. The van der Waals surface area contributed by atoms with E-state index in [2.05, 4.69) is 47.7 Å². The maximum absolute atomic E-state index is 12.4. The predicted octanol–water partition coefficient (Wildman–Crippen LogP) is 1.62. The minimum atomic E-state index is -3.81. The number of hydrazine groups is 1. The Morgan fingerprint density at radius 3 is 2.32 bits per heavy atom. The van der Waals surface area contributed by atoms with Crippen molar-refractivity contribution in [2.45, 2.75) is 4.90 Å². The van der Waals surface area contributed by atoms with Crippen LogP contribution in [0.1, 0.15) is 10.5 Å². The van der Waals surface area contributed by atoms with Gasteiger partial charge in [0.15, 0.2) is 0 Å². The molecule has 0 unspecified atom stereocenters. The number of benzene rings is 1. The van der Waals surface area contributed by atoms with Crippen molar-refractivity contribution < 1.29 is 18.0 Å². The van der Waals surface area contributed by atoms with E-state index in [1.165, 1.54) is 25.2 Å². The Bertz CT molecular complexity index is 880. The molecule has 11 heteroatoms. The lowest BCUT2D eigenvalue weighted by Gasteiger charge is -2.17. The number of H-pyrrole nitrogens is 1. The fourth-order valence-corrected chi connectivity index (χ4v) is 3.54. The van der Waals surface area contributed by atoms with Crippen molar-refractivity contribution in [2.75, 3.05) is 13.6 Å². The molecule has 0 spiro atoms. The molecule has 0 saturated heterocycles. The number of carbonyl (C=O) groups is 2. The summed E-state index contributed by atoms with van der Waals surface area (Å²) in [6, 6.07) is 7.58. The molecular formula is C14H14Br2N4O4S. The normalized spacial score (nSPS) is 11.4. The highest BCUT2D eigenvalue weighted by molar-refractivity contribution is 9.10. The molecule has 0 aliphatic carbocycles. The van der Waals surface area contributed by atoms with Crippen LogP contribution in [-0.2, 0) is 14.8 Å². The minimum Gasteiger partial charge on any atom is -0.356 e. The van der Waals surface area contributed by atoms with Gasteiger partial charge in [0, 0.05) is 22.2 Å². The Hall–Kier alpha value is -1.69. The summed E-state index contributed by atoms with van der Waals surface area (Å²) in [5.74, 6) is -1.24. The van der Waals surface area contributed by atoms with E-state index >= 15 is 0 Å². The summed E-state index contributed by atoms with van der Waals surface area (Å²) in [6.07, 6.45) is 1.56. The molecule has 3 N–H and O–H groups in total. The van der Waals surface area contributed by atoms with Crippen molar-refractivity contribution in [2.24, 2.45) is 0 Å². The molecule has 0 aliphatic heterocycles. The Morgan fingerprint density at radius 1 is 1.12 bits per heavy atom. The standard InChI is InChI=1S/C14H14Br2N4O4S/c1-20(25(23,24)11-4-2-9(15)3-5-11)8-13(21)18-19-14(22)12-6-10(16)7-17-12/h2-7,17H,8H2,1H3,(H,18,21)(H,19,22). The molecule has 0 aliphatic rings. The number of amides is 2. The van der Waals surface area contributed by atoms with E-state index in [1.54, 1.807) is 18.3 Å². The number of aromatic nitrogens is 1. The molecule has 0 atom stereocenters. The monoisotopic (exact) mass is 492 g/mol. The number of rotatable bonds is 5. The van der Waals surface area contributed by atoms with Crippen molar-refractivity contribution in [1.29, 1.82) is 0 Å². The van der Waals surface area contributed by atoms with Gasteiger partial charge in [-0.15, -0.1) is 0 Å². The number of hydrogen-bond acceptors (Lipinski definition) is 4. The number of likely N-dealkylation sites (N-methyl/N-ethyl adjacent to an activating group) is 1. The third kappa shape index (κ3) is 5.14. The van der Waals surface area contributed by atoms with Crippen molar-refractivity contribution in [1.82, 2.24) is 20.1 Å². The van der Waals surface area contributed by atoms with Crippen LogP contribution in [0.25, 0.3) is 0 Å². The predicted molar refractivity (Wildman–Crippen MR) is 98.1 cm³/mol. The van der Waals surface area contributed by atoms with Crippen molar-refractivity contribution >= 4 is 53.7 Å². The summed E-state index contributed by atoms with van der Waals surface area (Å²) in [7, 11) is -2.53. The number of hydrogen-bond donors (Lipinski definition) is 3. The molecule has 1 aromatic heterocycles. The van der Waals surface area contributed by atoms with Gasteiger partial charge in [0.2, 0.25) is 10.0 Å². The van der Waals surface area contributed by atoms with E-state index in [9.17, 15) is 18.0 Å². The average molecular weight is 494 g/mol. The molecular weight excluding hydrogens is 480 g/mol. The first-order valence-corrected chi connectivity index (χ1v) is 9.88. The molecule has 0 bridgehead atoms. The van der Waals surface area contributed by atoms with Crippen LogP contribution in [0.3, 0.4) is 0 Å². The van der Waals surface area contributed by atoms with Crippen molar-refractivity contribution in [3.8, 4) is 0 Å². The highest BCUT2D eigenvalue weighted by atomic mass is 79.9. The van der Waals surface area contributed by atoms with E-state index in [0.29, 0.717) is 4.47 Å². The van der Waals surface area contributed by atoms with Gasteiger partial charge in [0.1, 0.15) is 5.69 Å². The summed E-state index contributed by atoms with van der Waals surface area (Å²) in [6.45, 7) is -0.451. The van der Waals surface area contributed by atoms with Gasteiger partial charge in [0.05, 0.1) is 11.4 Å². The maximum atomic E-state index is 12.4. The Morgan fingerprint density at radius 2 is 1.76 bits per heavy atom. The molecule has 0 fully saturated rings.